The zero-order valence-corrected chi connectivity index (χ0v) is 16.0. The SMILES string of the molecule is COc1ccc(-c2noc(CNC(=O)c3ccc(Cl)c(Cl)c3)n2)cc1OC. The molecule has 0 bridgehead atoms. The van der Waals surface area contributed by atoms with Gasteiger partial charge in [-0.15, -0.1) is 0 Å². The molecule has 9 heteroatoms. The molecule has 1 heterocycles. The average Bonchev–Trinajstić information content (AvgIpc) is 3.16. The molecule has 0 unspecified atom stereocenters. The Labute approximate surface area is 165 Å². The fourth-order valence-electron chi connectivity index (χ4n) is 2.31. The Kier molecular flexibility index (Phi) is 5.83. The molecule has 0 saturated heterocycles. The summed E-state index contributed by atoms with van der Waals surface area (Å²) in [4.78, 5) is 16.5. The van der Waals surface area contributed by atoms with Crippen molar-refractivity contribution in [3.63, 3.8) is 0 Å². The van der Waals surface area contributed by atoms with Gasteiger partial charge in [-0.3, -0.25) is 4.79 Å². The Morgan fingerprint density at radius 3 is 2.56 bits per heavy atom. The molecular weight excluding hydrogens is 393 g/mol. The smallest absolute Gasteiger partial charge is 0.251 e. The molecular formula is C18H15Cl2N3O4. The quantitative estimate of drug-likeness (QED) is 0.664. The van der Waals surface area contributed by atoms with Crippen LogP contribution in [-0.2, 0) is 6.54 Å². The molecule has 0 radical (unpaired) electrons. The van der Waals surface area contributed by atoms with Crippen molar-refractivity contribution in [2.45, 2.75) is 6.54 Å². The van der Waals surface area contributed by atoms with Crippen molar-refractivity contribution in [1.29, 1.82) is 0 Å². The monoisotopic (exact) mass is 407 g/mol. The summed E-state index contributed by atoms with van der Waals surface area (Å²) >= 11 is 11.8. The molecule has 0 saturated carbocycles. The third-order valence-electron chi connectivity index (χ3n) is 3.69. The van der Waals surface area contributed by atoms with Gasteiger partial charge < -0.3 is 19.3 Å². The molecule has 0 aliphatic carbocycles. The maximum Gasteiger partial charge on any atom is 0.251 e. The zero-order valence-electron chi connectivity index (χ0n) is 14.5. The summed E-state index contributed by atoms with van der Waals surface area (Å²) in [6, 6.07) is 9.89. The molecule has 2 aromatic carbocycles. The third kappa shape index (κ3) is 4.32. The third-order valence-corrected chi connectivity index (χ3v) is 4.43. The first-order chi connectivity index (χ1) is 13.0. The van der Waals surface area contributed by atoms with Gasteiger partial charge in [0.2, 0.25) is 11.7 Å². The summed E-state index contributed by atoms with van der Waals surface area (Å²) < 4.78 is 15.6. The van der Waals surface area contributed by atoms with Crippen LogP contribution >= 0.6 is 23.2 Å². The molecule has 0 aliphatic rings. The van der Waals surface area contributed by atoms with Crippen molar-refractivity contribution in [1.82, 2.24) is 15.5 Å². The van der Waals surface area contributed by atoms with E-state index in [1.807, 2.05) is 0 Å². The molecule has 1 amide bonds. The van der Waals surface area contributed by atoms with Crippen LogP contribution in [0.25, 0.3) is 11.4 Å². The van der Waals surface area contributed by atoms with Crippen molar-refractivity contribution in [3.8, 4) is 22.9 Å². The van der Waals surface area contributed by atoms with Gasteiger partial charge in [0.1, 0.15) is 0 Å². The molecule has 3 aromatic rings. The zero-order chi connectivity index (χ0) is 19.4. The highest BCUT2D eigenvalue weighted by Gasteiger charge is 2.14. The van der Waals surface area contributed by atoms with Crippen LogP contribution in [0.1, 0.15) is 16.2 Å². The minimum absolute atomic E-state index is 0.0688. The van der Waals surface area contributed by atoms with E-state index >= 15 is 0 Å². The lowest BCUT2D eigenvalue weighted by atomic mass is 10.2. The number of amides is 1. The Balaban J connectivity index is 1.69. The van der Waals surface area contributed by atoms with Crippen molar-refractivity contribution in [2.24, 2.45) is 0 Å². The number of methoxy groups -OCH3 is 2. The van der Waals surface area contributed by atoms with E-state index in [1.54, 1.807) is 44.6 Å². The number of carbonyl (C=O) groups is 1. The molecule has 1 N–H and O–H groups in total. The number of ether oxygens (including phenoxy) is 2. The predicted molar refractivity (Wildman–Crippen MR) is 100 cm³/mol. The van der Waals surface area contributed by atoms with Crippen LogP contribution in [0.2, 0.25) is 10.0 Å². The normalized spacial score (nSPS) is 10.5. The molecule has 1 aromatic heterocycles. The van der Waals surface area contributed by atoms with Crippen LogP contribution in [0, 0.1) is 0 Å². The molecule has 7 nitrogen and oxygen atoms in total. The van der Waals surface area contributed by atoms with Gasteiger partial charge in [0, 0.05) is 11.1 Å². The van der Waals surface area contributed by atoms with E-state index in [4.69, 9.17) is 37.2 Å². The summed E-state index contributed by atoms with van der Waals surface area (Å²) in [5.74, 6) is 1.44. The lowest BCUT2D eigenvalue weighted by molar-refractivity contribution is 0.0946. The number of nitrogens with zero attached hydrogens (tertiary/aromatic N) is 2. The second kappa shape index (κ2) is 8.28. The van der Waals surface area contributed by atoms with Gasteiger partial charge in [0.25, 0.3) is 5.91 Å². The Bertz CT molecular complexity index is 975. The summed E-state index contributed by atoms with van der Waals surface area (Å²) in [5.41, 5.74) is 1.07. The molecule has 3 rings (SSSR count). The van der Waals surface area contributed by atoms with Crippen LogP contribution in [-0.4, -0.2) is 30.3 Å². The number of hydrogen-bond acceptors (Lipinski definition) is 6. The number of benzene rings is 2. The Morgan fingerprint density at radius 1 is 1.07 bits per heavy atom. The van der Waals surface area contributed by atoms with Crippen molar-refractivity contribution in [2.75, 3.05) is 14.2 Å². The van der Waals surface area contributed by atoms with Crippen molar-refractivity contribution >= 4 is 29.1 Å². The molecule has 27 heavy (non-hydrogen) atoms. The van der Waals surface area contributed by atoms with Gasteiger partial charge in [0.15, 0.2) is 11.5 Å². The van der Waals surface area contributed by atoms with Crippen LogP contribution < -0.4 is 14.8 Å². The van der Waals surface area contributed by atoms with E-state index in [2.05, 4.69) is 15.5 Å². The van der Waals surface area contributed by atoms with Gasteiger partial charge in [-0.25, -0.2) is 0 Å². The maximum absolute atomic E-state index is 12.2. The molecule has 0 fully saturated rings. The maximum atomic E-state index is 12.2. The minimum atomic E-state index is -0.334. The standard InChI is InChI=1S/C18H15Cl2N3O4/c1-25-14-6-4-10(8-15(14)26-2)17-22-16(27-23-17)9-21-18(24)11-3-5-12(19)13(20)7-11/h3-8H,9H2,1-2H3,(H,21,24). The highest BCUT2D eigenvalue weighted by atomic mass is 35.5. The summed E-state index contributed by atoms with van der Waals surface area (Å²) in [7, 11) is 3.10. The molecule has 0 atom stereocenters. The van der Waals surface area contributed by atoms with Gasteiger partial charge in [-0.2, -0.15) is 4.98 Å². The Morgan fingerprint density at radius 2 is 1.85 bits per heavy atom. The minimum Gasteiger partial charge on any atom is -0.493 e. The van der Waals surface area contributed by atoms with Crippen LogP contribution in [0.3, 0.4) is 0 Å². The number of hydrogen-bond donors (Lipinski definition) is 1. The van der Waals surface area contributed by atoms with Gasteiger partial charge >= 0.3 is 0 Å². The summed E-state index contributed by atoms with van der Waals surface area (Å²) in [6.45, 7) is 0.0688. The second-order valence-corrected chi connectivity index (χ2v) is 6.21. The molecule has 140 valence electrons. The average molecular weight is 408 g/mol. The largest absolute Gasteiger partial charge is 0.493 e. The van der Waals surface area contributed by atoms with Crippen LogP contribution in [0.4, 0.5) is 0 Å². The van der Waals surface area contributed by atoms with Crippen molar-refractivity contribution in [3.05, 3.63) is 57.9 Å². The molecule has 0 aliphatic heterocycles. The van der Waals surface area contributed by atoms with Crippen LogP contribution in [0.5, 0.6) is 11.5 Å². The predicted octanol–water partition coefficient (Wildman–Crippen LogP) is 3.99. The topological polar surface area (TPSA) is 86.5 Å². The first-order valence-corrected chi connectivity index (χ1v) is 8.55. The fourth-order valence-corrected chi connectivity index (χ4v) is 2.61. The number of nitrogens with one attached hydrogen (secondary N) is 1. The van der Waals surface area contributed by atoms with E-state index in [0.717, 1.165) is 0 Å². The van der Waals surface area contributed by atoms with Crippen molar-refractivity contribution < 1.29 is 18.8 Å². The highest BCUT2D eigenvalue weighted by molar-refractivity contribution is 6.42. The number of carbonyl (C=O) groups excluding carboxylic acids is 1. The second-order valence-electron chi connectivity index (χ2n) is 5.39. The van der Waals surface area contributed by atoms with E-state index in [1.165, 1.54) is 6.07 Å². The first-order valence-electron chi connectivity index (χ1n) is 7.80. The fraction of sp³-hybridized carbons (Fsp3) is 0.167. The Hall–Kier alpha value is -2.77. The van der Waals surface area contributed by atoms with Gasteiger partial charge in [-0.1, -0.05) is 28.4 Å². The summed E-state index contributed by atoms with van der Waals surface area (Å²) in [5, 5.41) is 7.29. The number of aromatic nitrogens is 2. The van der Waals surface area contributed by atoms with E-state index in [-0.39, 0.29) is 18.3 Å². The number of rotatable bonds is 6. The van der Waals surface area contributed by atoms with Crippen LogP contribution in [0.15, 0.2) is 40.9 Å². The highest BCUT2D eigenvalue weighted by Crippen LogP contribution is 2.31. The van der Waals surface area contributed by atoms with Gasteiger partial charge in [0.05, 0.1) is 30.8 Å². The summed E-state index contributed by atoms with van der Waals surface area (Å²) in [6.07, 6.45) is 0. The lowest BCUT2D eigenvalue weighted by Crippen LogP contribution is -2.22. The van der Waals surface area contributed by atoms with E-state index < -0.39 is 0 Å². The van der Waals surface area contributed by atoms with E-state index in [0.29, 0.717) is 38.5 Å². The molecule has 0 spiro atoms. The van der Waals surface area contributed by atoms with E-state index in [9.17, 15) is 4.79 Å². The first kappa shape index (κ1) is 19.0. The number of halogens is 2. The lowest BCUT2D eigenvalue weighted by Gasteiger charge is -2.07. The van der Waals surface area contributed by atoms with Gasteiger partial charge in [-0.05, 0) is 36.4 Å².